The molecule has 0 heterocycles. The minimum absolute atomic E-state index is 0.0906. The number of hydrogen-bond donors (Lipinski definition) is 3. The average molecular weight is 385 g/mol. The van der Waals surface area contributed by atoms with Crippen LogP contribution in [0.1, 0.15) is 23.7 Å². The molecular formula is C21H23NO6. The number of rotatable bonds is 9. The van der Waals surface area contributed by atoms with Crippen molar-refractivity contribution in [2.45, 2.75) is 19.4 Å². The van der Waals surface area contributed by atoms with Gasteiger partial charge in [0.05, 0.1) is 6.61 Å². The normalized spacial score (nSPS) is 11.8. The van der Waals surface area contributed by atoms with E-state index in [1.807, 2.05) is 19.1 Å². The first-order valence-corrected chi connectivity index (χ1v) is 8.75. The quantitative estimate of drug-likeness (QED) is 0.569. The first-order valence-electron chi connectivity index (χ1n) is 8.75. The van der Waals surface area contributed by atoms with E-state index in [9.17, 15) is 9.59 Å². The summed E-state index contributed by atoms with van der Waals surface area (Å²) in [7, 11) is 0. The molecular weight excluding hydrogens is 362 g/mol. The number of carbonyl (C=O) groups is 2. The number of ether oxygens (including phenoxy) is 2. The predicted octanol–water partition coefficient (Wildman–Crippen LogP) is 3.69. The Bertz CT molecular complexity index is 799. The van der Waals surface area contributed by atoms with Crippen LogP contribution in [0.5, 0.6) is 5.75 Å². The fourth-order valence-electron chi connectivity index (χ4n) is 2.40. The number of aliphatic hydroxyl groups excluding tert-OH is 1. The smallest absolute Gasteiger partial charge is 0.412 e. The number of carboxylic acids is 1. The minimum atomic E-state index is -1.07. The van der Waals surface area contributed by atoms with E-state index in [0.29, 0.717) is 17.0 Å². The van der Waals surface area contributed by atoms with Crippen molar-refractivity contribution in [3.8, 4) is 5.75 Å². The van der Waals surface area contributed by atoms with Gasteiger partial charge in [-0.2, -0.15) is 0 Å². The summed E-state index contributed by atoms with van der Waals surface area (Å²) in [6.45, 7) is 2.03. The van der Waals surface area contributed by atoms with Crippen molar-refractivity contribution < 1.29 is 29.3 Å². The fraction of sp³-hybridized carbons (Fsp3) is 0.238. The topological polar surface area (TPSA) is 105 Å². The molecule has 28 heavy (non-hydrogen) atoms. The number of amides is 1. The highest BCUT2D eigenvalue weighted by Crippen LogP contribution is 2.25. The van der Waals surface area contributed by atoms with Gasteiger partial charge >= 0.3 is 12.1 Å². The Labute approximate surface area is 163 Å². The monoisotopic (exact) mass is 385 g/mol. The van der Waals surface area contributed by atoms with Gasteiger partial charge in [0.2, 0.25) is 0 Å². The number of carboxylic acid groups (broad SMARTS) is 1. The number of nitrogens with one attached hydrogen (secondary N) is 1. The van der Waals surface area contributed by atoms with Crippen molar-refractivity contribution >= 4 is 17.7 Å². The second-order valence-electron chi connectivity index (χ2n) is 6.00. The summed E-state index contributed by atoms with van der Waals surface area (Å²) in [4.78, 5) is 23.0. The van der Waals surface area contributed by atoms with Gasteiger partial charge in [-0.05, 0) is 36.8 Å². The van der Waals surface area contributed by atoms with Gasteiger partial charge in [-0.3, -0.25) is 5.32 Å². The highest BCUT2D eigenvalue weighted by molar-refractivity contribution is 5.84. The first kappa shape index (κ1) is 21.0. The van der Waals surface area contributed by atoms with E-state index in [-0.39, 0.29) is 19.6 Å². The standard InChI is InChI=1S/C21H23NO6/c1-15-5-9-17(10-6-15)22-21(26)28-19(3-2-4-20(24)25)16-7-11-18(12-8-16)27-14-13-23/h2,4-12,19,23H,3,13-14H2,1H3,(H,22,26)(H,24,25)/b4-2+/t19-/m1/s1. The molecule has 0 aliphatic rings. The van der Waals surface area contributed by atoms with Gasteiger partial charge in [0.15, 0.2) is 0 Å². The number of aliphatic hydroxyl groups is 1. The number of carbonyl (C=O) groups excluding carboxylic acids is 1. The van der Waals surface area contributed by atoms with Crippen LogP contribution in [0.3, 0.4) is 0 Å². The van der Waals surface area contributed by atoms with Crippen molar-refractivity contribution in [3.05, 3.63) is 71.8 Å². The van der Waals surface area contributed by atoms with Gasteiger partial charge in [-0.1, -0.05) is 35.9 Å². The van der Waals surface area contributed by atoms with Crippen molar-refractivity contribution in [1.82, 2.24) is 0 Å². The zero-order valence-electron chi connectivity index (χ0n) is 15.5. The van der Waals surface area contributed by atoms with Gasteiger partial charge in [-0.15, -0.1) is 0 Å². The second-order valence-corrected chi connectivity index (χ2v) is 6.00. The molecule has 0 aliphatic heterocycles. The maximum absolute atomic E-state index is 12.3. The lowest BCUT2D eigenvalue weighted by Crippen LogP contribution is -2.17. The highest BCUT2D eigenvalue weighted by Gasteiger charge is 2.16. The molecule has 0 saturated heterocycles. The predicted molar refractivity (Wildman–Crippen MR) is 104 cm³/mol. The lowest BCUT2D eigenvalue weighted by molar-refractivity contribution is -0.131. The largest absolute Gasteiger partial charge is 0.491 e. The zero-order chi connectivity index (χ0) is 20.4. The maximum Gasteiger partial charge on any atom is 0.412 e. The van der Waals surface area contributed by atoms with E-state index in [1.54, 1.807) is 36.4 Å². The molecule has 0 fully saturated rings. The van der Waals surface area contributed by atoms with Crippen LogP contribution in [0.15, 0.2) is 60.7 Å². The van der Waals surface area contributed by atoms with E-state index in [2.05, 4.69) is 5.32 Å². The lowest BCUT2D eigenvalue weighted by atomic mass is 10.1. The summed E-state index contributed by atoms with van der Waals surface area (Å²) >= 11 is 0. The average Bonchev–Trinajstić information content (AvgIpc) is 2.67. The van der Waals surface area contributed by atoms with Crippen molar-refractivity contribution in [3.63, 3.8) is 0 Å². The Morgan fingerprint density at radius 3 is 2.39 bits per heavy atom. The third-order valence-electron chi connectivity index (χ3n) is 3.77. The second kappa shape index (κ2) is 10.7. The number of benzene rings is 2. The molecule has 1 amide bonds. The van der Waals surface area contributed by atoms with Gasteiger partial charge in [-0.25, -0.2) is 9.59 Å². The molecule has 148 valence electrons. The summed E-state index contributed by atoms with van der Waals surface area (Å²) in [6, 6.07) is 14.1. The van der Waals surface area contributed by atoms with E-state index >= 15 is 0 Å². The maximum atomic E-state index is 12.3. The van der Waals surface area contributed by atoms with Crippen LogP contribution >= 0.6 is 0 Å². The number of aliphatic carboxylic acids is 1. The summed E-state index contributed by atoms with van der Waals surface area (Å²) in [5, 5.41) is 20.2. The van der Waals surface area contributed by atoms with Gasteiger partial charge in [0.1, 0.15) is 18.5 Å². The Morgan fingerprint density at radius 2 is 1.79 bits per heavy atom. The van der Waals surface area contributed by atoms with Crippen LogP contribution in [0.2, 0.25) is 0 Å². The van der Waals surface area contributed by atoms with E-state index in [0.717, 1.165) is 11.6 Å². The first-order chi connectivity index (χ1) is 13.5. The molecule has 0 aliphatic carbocycles. The zero-order valence-corrected chi connectivity index (χ0v) is 15.5. The van der Waals surface area contributed by atoms with Gasteiger partial charge in [0, 0.05) is 18.2 Å². The van der Waals surface area contributed by atoms with Crippen molar-refractivity contribution in [2.24, 2.45) is 0 Å². The van der Waals surface area contributed by atoms with Crippen molar-refractivity contribution in [1.29, 1.82) is 0 Å². The number of hydrogen-bond acceptors (Lipinski definition) is 5. The van der Waals surface area contributed by atoms with E-state index < -0.39 is 18.2 Å². The van der Waals surface area contributed by atoms with Gasteiger partial charge in [0.25, 0.3) is 0 Å². The number of anilines is 1. The van der Waals surface area contributed by atoms with Crippen molar-refractivity contribution in [2.75, 3.05) is 18.5 Å². The van der Waals surface area contributed by atoms with E-state index in [1.165, 1.54) is 6.08 Å². The molecule has 7 heteroatoms. The van der Waals surface area contributed by atoms with E-state index in [4.69, 9.17) is 19.7 Å². The van der Waals surface area contributed by atoms with Crippen LogP contribution in [-0.2, 0) is 9.53 Å². The van der Waals surface area contributed by atoms with Crippen LogP contribution in [0.25, 0.3) is 0 Å². The molecule has 2 rings (SSSR count). The Kier molecular flexibility index (Phi) is 8.05. The van der Waals surface area contributed by atoms with Crippen LogP contribution in [-0.4, -0.2) is 35.5 Å². The highest BCUT2D eigenvalue weighted by atomic mass is 16.6. The fourth-order valence-corrected chi connectivity index (χ4v) is 2.40. The SMILES string of the molecule is Cc1ccc(NC(=O)O[C@H](C/C=C/C(=O)O)c2ccc(OCCO)cc2)cc1. The third kappa shape index (κ3) is 7.13. The number of aryl methyl sites for hydroxylation is 1. The molecule has 0 bridgehead atoms. The molecule has 0 radical (unpaired) electrons. The summed E-state index contributed by atoms with van der Waals surface area (Å²) in [5.41, 5.74) is 2.35. The molecule has 7 nitrogen and oxygen atoms in total. The molecule has 0 aromatic heterocycles. The summed E-state index contributed by atoms with van der Waals surface area (Å²) < 4.78 is 10.8. The molecule has 2 aromatic rings. The molecule has 2 aromatic carbocycles. The molecule has 0 spiro atoms. The Hall–Kier alpha value is -3.32. The van der Waals surface area contributed by atoms with Gasteiger partial charge < -0.3 is 19.7 Å². The molecule has 3 N–H and O–H groups in total. The molecule has 1 atom stereocenters. The Balaban J connectivity index is 2.08. The minimum Gasteiger partial charge on any atom is -0.491 e. The lowest BCUT2D eigenvalue weighted by Gasteiger charge is -2.18. The Morgan fingerprint density at radius 1 is 1.11 bits per heavy atom. The molecule has 0 saturated carbocycles. The summed E-state index contributed by atoms with van der Waals surface area (Å²) in [6.07, 6.45) is 1.32. The van der Waals surface area contributed by atoms with Crippen LogP contribution in [0.4, 0.5) is 10.5 Å². The summed E-state index contributed by atoms with van der Waals surface area (Å²) in [5.74, 6) is -0.502. The molecule has 0 unspecified atom stereocenters. The third-order valence-corrected chi connectivity index (χ3v) is 3.77. The van der Waals surface area contributed by atoms with Crippen LogP contribution < -0.4 is 10.1 Å². The van der Waals surface area contributed by atoms with Crippen LogP contribution in [0, 0.1) is 6.92 Å².